The summed E-state index contributed by atoms with van der Waals surface area (Å²) in [6.07, 6.45) is 5.25. The van der Waals surface area contributed by atoms with Crippen molar-refractivity contribution >= 4 is 40.8 Å². The van der Waals surface area contributed by atoms with Crippen molar-refractivity contribution in [3.8, 4) is 12.3 Å². The molecule has 1 aliphatic heterocycles. The van der Waals surface area contributed by atoms with Gasteiger partial charge in [-0.05, 0) is 42.5 Å². The van der Waals surface area contributed by atoms with Gasteiger partial charge in [-0.25, -0.2) is 4.79 Å². The van der Waals surface area contributed by atoms with Gasteiger partial charge in [-0.2, -0.15) is 0 Å². The lowest BCUT2D eigenvalue weighted by Gasteiger charge is -2.23. The molecule has 0 atom stereocenters. The zero-order chi connectivity index (χ0) is 22.3. The summed E-state index contributed by atoms with van der Waals surface area (Å²) in [6, 6.07) is 21.9. The van der Waals surface area contributed by atoms with E-state index in [0.717, 1.165) is 15.5 Å². The number of rotatable bonds is 6. The first-order valence-electron chi connectivity index (χ1n) is 10.0. The van der Waals surface area contributed by atoms with Crippen LogP contribution >= 0.6 is 11.8 Å². The minimum atomic E-state index is -0.342. The van der Waals surface area contributed by atoms with Crippen LogP contribution in [-0.2, 0) is 4.74 Å². The smallest absolute Gasteiger partial charge is 0.323 e. The fraction of sp³-hybridized carbons (Fsp3) is 0.120. The van der Waals surface area contributed by atoms with E-state index in [1.54, 1.807) is 11.0 Å². The van der Waals surface area contributed by atoms with Crippen LogP contribution in [0.2, 0.25) is 0 Å². The van der Waals surface area contributed by atoms with Gasteiger partial charge in [-0.15, -0.1) is 6.42 Å². The summed E-state index contributed by atoms with van der Waals surface area (Å²) in [5.74, 6) is 2.33. The SMILES string of the molecule is C#CCOCCN1C(=O)c2ccccc2Sc2cc(NC(=O)Nc3ccccc3)ccc21. The van der Waals surface area contributed by atoms with Gasteiger partial charge < -0.3 is 20.3 Å². The monoisotopic (exact) mass is 443 g/mol. The Labute approximate surface area is 191 Å². The largest absolute Gasteiger partial charge is 0.367 e. The van der Waals surface area contributed by atoms with Gasteiger partial charge in [0, 0.05) is 27.7 Å². The molecule has 0 saturated carbocycles. The van der Waals surface area contributed by atoms with Gasteiger partial charge in [0.2, 0.25) is 0 Å². The normalized spacial score (nSPS) is 12.2. The van der Waals surface area contributed by atoms with Gasteiger partial charge in [0.15, 0.2) is 0 Å². The van der Waals surface area contributed by atoms with Crippen LogP contribution < -0.4 is 15.5 Å². The van der Waals surface area contributed by atoms with Gasteiger partial charge >= 0.3 is 6.03 Å². The number of amides is 3. The molecule has 4 rings (SSSR count). The molecule has 0 bridgehead atoms. The molecule has 3 aromatic carbocycles. The summed E-state index contributed by atoms with van der Waals surface area (Å²) in [5, 5.41) is 5.66. The number of nitrogens with zero attached hydrogens (tertiary/aromatic N) is 1. The highest BCUT2D eigenvalue weighted by molar-refractivity contribution is 7.99. The molecule has 0 unspecified atom stereocenters. The van der Waals surface area contributed by atoms with E-state index in [-0.39, 0.29) is 18.5 Å². The van der Waals surface area contributed by atoms with Crippen molar-refractivity contribution in [1.82, 2.24) is 0 Å². The highest BCUT2D eigenvalue weighted by Gasteiger charge is 2.27. The standard InChI is InChI=1S/C25H21N3O3S/c1-2-15-31-16-14-28-21-13-12-19(27-25(30)26-18-8-4-3-5-9-18)17-23(21)32-22-11-7-6-10-20(22)24(28)29/h1,3-13,17H,14-16H2,(H2,26,27,30). The molecule has 1 aliphatic rings. The highest BCUT2D eigenvalue weighted by atomic mass is 32.2. The van der Waals surface area contributed by atoms with E-state index in [1.807, 2.05) is 66.7 Å². The molecule has 0 aromatic heterocycles. The summed E-state index contributed by atoms with van der Waals surface area (Å²) in [6.45, 7) is 0.880. The molecule has 0 saturated heterocycles. The van der Waals surface area contributed by atoms with Crippen molar-refractivity contribution < 1.29 is 14.3 Å². The van der Waals surface area contributed by atoms with Gasteiger partial charge in [0.1, 0.15) is 6.61 Å². The molecule has 7 heteroatoms. The Hall–Kier alpha value is -3.73. The van der Waals surface area contributed by atoms with Crippen LogP contribution in [0.3, 0.4) is 0 Å². The number of hydrogen-bond donors (Lipinski definition) is 2. The van der Waals surface area contributed by atoms with Crippen LogP contribution in [0.5, 0.6) is 0 Å². The van der Waals surface area contributed by atoms with Crippen LogP contribution in [-0.4, -0.2) is 31.7 Å². The van der Waals surface area contributed by atoms with Crippen LogP contribution in [0.15, 0.2) is 82.6 Å². The third-order valence-corrected chi connectivity index (χ3v) is 5.89. The molecule has 3 amide bonds. The molecule has 0 fully saturated rings. The van der Waals surface area contributed by atoms with E-state index >= 15 is 0 Å². The van der Waals surface area contributed by atoms with Crippen LogP contribution in [0.1, 0.15) is 10.4 Å². The number of anilines is 3. The van der Waals surface area contributed by atoms with E-state index < -0.39 is 0 Å². The Morgan fingerprint density at radius 3 is 2.53 bits per heavy atom. The number of carbonyl (C=O) groups excluding carboxylic acids is 2. The Bertz CT molecular complexity index is 1170. The number of terminal acetylenes is 1. The van der Waals surface area contributed by atoms with Crippen molar-refractivity contribution in [3.63, 3.8) is 0 Å². The summed E-state index contributed by atoms with van der Waals surface area (Å²) < 4.78 is 5.41. The average molecular weight is 444 g/mol. The third-order valence-electron chi connectivity index (χ3n) is 4.77. The Balaban J connectivity index is 1.59. The number of urea groups is 1. The first-order chi connectivity index (χ1) is 15.7. The number of benzene rings is 3. The molecule has 160 valence electrons. The second-order valence-corrected chi connectivity index (χ2v) is 8.02. The molecule has 2 N–H and O–H groups in total. The maximum Gasteiger partial charge on any atom is 0.323 e. The summed E-state index contributed by atoms with van der Waals surface area (Å²) in [7, 11) is 0. The Kier molecular flexibility index (Phi) is 6.75. The van der Waals surface area contributed by atoms with Gasteiger partial charge in [0.25, 0.3) is 5.91 Å². The number of ether oxygens (including phenoxy) is 1. The molecule has 6 nitrogen and oxygen atoms in total. The number of hydrogen-bond acceptors (Lipinski definition) is 4. The second-order valence-electron chi connectivity index (χ2n) is 6.94. The predicted octanol–water partition coefficient (Wildman–Crippen LogP) is 5.09. The first-order valence-corrected chi connectivity index (χ1v) is 10.8. The maximum atomic E-state index is 13.3. The lowest BCUT2D eigenvalue weighted by molar-refractivity contribution is 0.0968. The zero-order valence-electron chi connectivity index (χ0n) is 17.2. The number of nitrogens with one attached hydrogen (secondary N) is 2. The number of carbonyl (C=O) groups is 2. The minimum Gasteiger partial charge on any atom is -0.367 e. The van der Waals surface area contributed by atoms with E-state index in [4.69, 9.17) is 11.2 Å². The van der Waals surface area contributed by atoms with Crippen LogP contribution in [0.25, 0.3) is 0 Å². The van der Waals surface area contributed by atoms with Crippen molar-refractivity contribution in [2.45, 2.75) is 9.79 Å². The minimum absolute atomic E-state index is 0.0984. The van der Waals surface area contributed by atoms with E-state index in [1.165, 1.54) is 11.8 Å². The Morgan fingerprint density at radius 2 is 1.72 bits per heavy atom. The fourth-order valence-corrected chi connectivity index (χ4v) is 4.44. The van der Waals surface area contributed by atoms with Gasteiger partial charge in [0.05, 0.1) is 17.9 Å². The zero-order valence-corrected chi connectivity index (χ0v) is 18.0. The summed E-state index contributed by atoms with van der Waals surface area (Å²) in [4.78, 5) is 29.1. The molecule has 0 aliphatic carbocycles. The van der Waals surface area contributed by atoms with E-state index in [2.05, 4.69) is 16.6 Å². The molecular weight excluding hydrogens is 422 g/mol. The van der Waals surface area contributed by atoms with Gasteiger partial charge in [-0.3, -0.25) is 4.79 Å². The molecule has 0 radical (unpaired) electrons. The van der Waals surface area contributed by atoms with Crippen molar-refractivity contribution in [2.24, 2.45) is 0 Å². The molecule has 3 aromatic rings. The number of para-hydroxylation sites is 1. The lowest BCUT2D eigenvalue weighted by Crippen LogP contribution is -2.34. The fourth-order valence-electron chi connectivity index (χ4n) is 3.33. The predicted molar refractivity (Wildman–Crippen MR) is 127 cm³/mol. The van der Waals surface area contributed by atoms with Crippen LogP contribution in [0.4, 0.5) is 21.9 Å². The number of fused-ring (bicyclic) bond motifs is 2. The summed E-state index contributed by atoms with van der Waals surface area (Å²) in [5.41, 5.74) is 2.71. The quantitative estimate of drug-likeness (QED) is 0.411. The average Bonchev–Trinajstić information content (AvgIpc) is 2.91. The van der Waals surface area contributed by atoms with E-state index in [9.17, 15) is 9.59 Å². The maximum absolute atomic E-state index is 13.3. The summed E-state index contributed by atoms with van der Waals surface area (Å²) >= 11 is 1.49. The van der Waals surface area contributed by atoms with E-state index in [0.29, 0.717) is 30.1 Å². The second kappa shape index (κ2) is 10.1. The first kappa shape index (κ1) is 21.5. The Morgan fingerprint density at radius 1 is 0.969 bits per heavy atom. The van der Waals surface area contributed by atoms with Crippen LogP contribution in [0, 0.1) is 12.3 Å². The lowest BCUT2D eigenvalue weighted by atomic mass is 10.1. The molecule has 0 spiro atoms. The topological polar surface area (TPSA) is 70.7 Å². The van der Waals surface area contributed by atoms with Gasteiger partial charge in [-0.1, -0.05) is 48.0 Å². The van der Waals surface area contributed by atoms with Crippen molar-refractivity contribution in [3.05, 3.63) is 78.4 Å². The molecule has 32 heavy (non-hydrogen) atoms. The van der Waals surface area contributed by atoms with Crippen molar-refractivity contribution in [2.75, 3.05) is 35.3 Å². The third kappa shape index (κ3) is 4.94. The molecular formula is C25H21N3O3S. The molecule has 1 heterocycles. The van der Waals surface area contributed by atoms with Crippen molar-refractivity contribution in [1.29, 1.82) is 0 Å². The highest BCUT2D eigenvalue weighted by Crippen LogP contribution is 2.42.